The van der Waals surface area contributed by atoms with Gasteiger partial charge < -0.3 is 5.32 Å². The fourth-order valence-electron chi connectivity index (χ4n) is 1.51. The molecular formula is C14H11ClN2. The van der Waals surface area contributed by atoms with Crippen LogP contribution in [0.5, 0.6) is 0 Å². The number of nitrogens with zero attached hydrogens (tertiary/aromatic N) is 1. The highest BCUT2D eigenvalue weighted by Crippen LogP contribution is 2.26. The number of halogens is 1. The van der Waals surface area contributed by atoms with Crippen molar-refractivity contribution in [2.75, 3.05) is 5.32 Å². The van der Waals surface area contributed by atoms with E-state index in [-0.39, 0.29) is 0 Å². The van der Waals surface area contributed by atoms with E-state index in [9.17, 15) is 0 Å². The predicted molar refractivity (Wildman–Crippen MR) is 70.6 cm³/mol. The lowest BCUT2D eigenvalue weighted by molar-refractivity contribution is 1.45. The monoisotopic (exact) mass is 242 g/mol. The van der Waals surface area contributed by atoms with Crippen LogP contribution in [0.4, 0.5) is 11.4 Å². The second-order valence-electron chi connectivity index (χ2n) is 3.80. The van der Waals surface area contributed by atoms with Crippen molar-refractivity contribution in [2.45, 2.75) is 6.92 Å². The van der Waals surface area contributed by atoms with Crippen LogP contribution in [-0.4, -0.2) is 0 Å². The Morgan fingerprint density at radius 1 is 1.12 bits per heavy atom. The molecular weight excluding hydrogens is 232 g/mol. The van der Waals surface area contributed by atoms with Crippen molar-refractivity contribution >= 4 is 23.0 Å². The second kappa shape index (κ2) is 4.90. The molecule has 0 aliphatic rings. The average molecular weight is 243 g/mol. The van der Waals surface area contributed by atoms with E-state index in [4.69, 9.17) is 16.9 Å². The van der Waals surface area contributed by atoms with Crippen LogP contribution in [0.25, 0.3) is 0 Å². The van der Waals surface area contributed by atoms with Crippen LogP contribution in [-0.2, 0) is 0 Å². The number of nitriles is 1. The molecule has 17 heavy (non-hydrogen) atoms. The fourth-order valence-corrected chi connectivity index (χ4v) is 1.79. The Morgan fingerprint density at radius 2 is 1.82 bits per heavy atom. The van der Waals surface area contributed by atoms with Crippen LogP contribution in [0, 0.1) is 18.3 Å². The molecule has 0 aromatic heterocycles. The second-order valence-corrected chi connectivity index (χ2v) is 4.20. The van der Waals surface area contributed by atoms with Crippen LogP contribution in [0.15, 0.2) is 42.5 Å². The summed E-state index contributed by atoms with van der Waals surface area (Å²) in [5.41, 5.74) is 3.54. The highest BCUT2D eigenvalue weighted by atomic mass is 35.5. The van der Waals surface area contributed by atoms with Crippen LogP contribution in [0.1, 0.15) is 11.1 Å². The van der Waals surface area contributed by atoms with Gasteiger partial charge in [0.25, 0.3) is 0 Å². The number of nitrogens with one attached hydrogen (secondary N) is 1. The molecule has 84 valence electrons. The van der Waals surface area contributed by atoms with Gasteiger partial charge in [-0.05, 0) is 48.9 Å². The molecule has 3 heteroatoms. The van der Waals surface area contributed by atoms with Gasteiger partial charge in [0.15, 0.2) is 0 Å². The summed E-state index contributed by atoms with van der Waals surface area (Å²) in [6, 6.07) is 15.2. The highest BCUT2D eigenvalue weighted by Gasteiger charge is 2.00. The molecule has 0 aliphatic heterocycles. The van der Waals surface area contributed by atoms with Crippen molar-refractivity contribution in [3.05, 3.63) is 58.6 Å². The molecule has 0 radical (unpaired) electrons. The average Bonchev–Trinajstić information content (AvgIpc) is 2.34. The zero-order valence-electron chi connectivity index (χ0n) is 9.37. The number of benzene rings is 2. The van der Waals surface area contributed by atoms with Crippen molar-refractivity contribution in [1.82, 2.24) is 0 Å². The van der Waals surface area contributed by atoms with E-state index in [1.165, 1.54) is 0 Å². The lowest BCUT2D eigenvalue weighted by Gasteiger charge is -2.08. The van der Waals surface area contributed by atoms with Gasteiger partial charge in [-0.1, -0.05) is 17.7 Å². The van der Waals surface area contributed by atoms with Crippen LogP contribution in [0.3, 0.4) is 0 Å². The predicted octanol–water partition coefficient (Wildman–Crippen LogP) is 4.26. The van der Waals surface area contributed by atoms with Crippen molar-refractivity contribution < 1.29 is 0 Å². The Kier molecular flexibility index (Phi) is 3.32. The molecule has 0 bridgehead atoms. The molecule has 2 rings (SSSR count). The lowest BCUT2D eigenvalue weighted by atomic mass is 10.2. The van der Waals surface area contributed by atoms with E-state index in [1.807, 2.05) is 37.3 Å². The van der Waals surface area contributed by atoms with Gasteiger partial charge in [0.2, 0.25) is 0 Å². The maximum Gasteiger partial charge on any atom is 0.0991 e. The molecule has 0 aliphatic carbocycles. The molecule has 2 nitrogen and oxygen atoms in total. The largest absolute Gasteiger partial charge is 0.354 e. The Bertz CT molecular complexity index is 568. The first-order valence-electron chi connectivity index (χ1n) is 5.22. The minimum absolute atomic E-state index is 0.644. The third-order valence-corrected chi connectivity index (χ3v) is 2.73. The van der Waals surface area contributed by atoms with E-state index in [1.54, 1.807) is 12.1 Å². The third kappa shape index (κ3) is 2.77. The quantitative estimate of drug-likeness (QED) is 0.854. The van der Waals surface area contributed by atoms with E-state index in [0.29, 0.717) is 10.6 Å². The molecule has 1 N–H and O–H groups in total. The van der Waals surface area contributed by atoms with E-state index in [2.05, 4.69) is 11.4 Å². The van der Waals surface area contributed by atoms with Crippen LogP contribution < -0.4 is 5.32 Å². The smallest absolute Gasteiger partial charge is 0.0991 e. The van der Waals surface area contributed by atoms with E-state index < -0.39 is 0 Å². The van der Waals surface area contributed by atoms with Gasteiger partial charge >= 0.3 is 0 Å². The summed E-state index contributed by atoms with van der Waals surface area (Å²) in [6.07, 6.45) is 0. The Hall–Kier alpha value is -1.98. The van der Waals surface area contributed by atoms with Crippen molar-refractivity contribution in [3.63, 3.8) is 0 Å². The minimum Gasteiger partial charge on any atom is -0.354 e. The summed E-state index contributed by atoms with van der Waals surface area (Å²) < 4.78 is 0. The van der Waals surface area contributed by atoms with E-state index in [0.717, 1.165) is 16.9 Å². The summed E-state index contributed by atoms with van der Waals surface area (Å²) >= 11 is 6.12. The third-order valence-electron chi connectivity index (χ3n) is 2.42. The lowest BCUT2D eigenvalue weighted by Crippen LogP contribution is -1.91. The van der Waals surface area contributed by atoms with Gasteiger partial charge in [0.1, 0.15) is 0 Å². The first-order chi connectivity index (χ1) is 8.19. The summed E-state index contributed by atoms with van der Waals surface area (Å²) in [4.78, 5) is 0. The highest BCUT2D eigenvalue weighted by molar-refractivity contribution is 6.33. The standard InChI is InChI=1S/C14H11ClN2/c1-10-2-7-14(13(15)8-10)17-12-5-3-11(9-16)4-6-12/h2-8,17H,1H3. The van der Waals surface area contributed by atoms with Crippen molar-refractivity contribution in [2.24, 2.45) is 0 Å². The topological polar surface area (TPSA) is 35.8 Å². The number of hydrogen-bond donors (Lipinski definition) is 1. The maximum atomic E-state index is 8.70. The van der Waals surface area contributed by atoms with Gasteiger partial charge in [-0.3, -0.25) is 0 Å². The Morgan fingerprint density at radius 3 is 2.41 bits per heavy atom. The fraction of sp³-hybridized carbons (Fsp3) is 0.0714. The molecule has 0 saturated carbocycles. The summed E-state index contributed by atoms with van der Waals surface area (Å²) in [5, 5.41) is 12.6. The van der Waals surface area contributed by atoms with Gasteiger partial charge in [-0.25, -0.2) is 0 Å². The summed E-state index contributed by atoms with van der Waals surface area (Å²) in [6.45, 7) is 2.00. The van der Waals surface area contributed by atoms with Gasteiger partial charge in [-0.2, -0.15) is 5.26 Å². The molecule has 0 spiro atoms. The number of anilines is 2. The normalized spacial score (nSPS) is 9.71. The molecule has 0 atom stereocenters. The molecule has 2 aromatic carbocycles. The SMILES string of the molecule is Cc1ccc(Nc2ccc(C#N)cc2)c(Cl)c1. The summed E-state index contributed by atoms with van der Waals surface area (Å²) in [7, 11) is 0. The maximum absolute atomic E-state index is 8.70. The summed E-state index contributed by atoms with van der Waals surface area (Å²) in [5.74, 6) is 0. The first-order valence-corrected chi connectivity index (χ1v) is 5.60. The zero-order valence-corrected chi connectivity index (χ0v) is 10.1. The Labute approximate surface area is 105 Å². The van der Waals surface area contributed by atoms with Crippen LogP contribution >= 0.6 is 11.6 Å². The first kappa shape index (κ1) is 11.5. The van der Waals surface area contributed by atoms with Gasteiger partial charge in [-0.15, -0.1) is 0 Å². The molecule has 2 aromatic rings. The molecule has 0 fully saturated rings. The number of rotatable bonds is 2. The minimum atomic E-state index is 0.644. The van der Waals surface area contributed by atoms with Crippen molar-refractivity contribution in [3.8, 4) is 6.07 Å². The molecule has 0 unspecified atom stereocenters. The van der Waals surface area contributed by atoms with E-state index >= 15 is 0 Å². The zero-order chi connectivity index (χ0) is 12.3. The molecule has 0 amide bonds. The van der Waals surface area contributed by atoms with Crippen molar-refractivity contribution in [1.29, 1.82) is 5.26 Å². The van der Waals surface area contributed by atoms with Crippen LogP contribution in [0.2, 0.25) is 5.02 Å². The van der Waals surface area contributed by atoms with Gasteiger partial charge in [0.05, 0.1) is 22.3 Å². The molecule has 0 heterocycles. The Balaban J connectivity index is 2.23. The molecule has 0 saturated heterocycles. The number of aryl methyl sites for hydroxylation is 1. The number of hydrogen-bond acceptors (Lipinski definition) is 2. The van der Waals surface area contributed by atoms with Gasteiger partial charge in [0, 0.05) is 5.69 Å².